The van der Waals surface area contributed by atoms with Gasteiger partial charge in [-0.05, 0) is 85.6 Å². The minimum absolute atomic E-state index is 0.0101. The molecule has 3 aliphatic rings. The molecule has 7 atom stereocenters. The van der Waals surface area contributed by atoms with Gasteiger partial charge in [-0.1, -0.05) is 79.2 Å². The third-order valence-corrected chi connectivity index (χ3v) is 19.9. The molecule has 3 rings (SSSR count). The topological polar surface area (TPSA) is 38.7 Å². The molecule has 5 heteroatoms. The van der Waals surface area contributed by atoms with E-state index in [0.29, 0.717) is 11.8 Å². The van der Waals surface area contributed by atoms with Crippen molar-refractivity contribution in [2.24, 2.45) is 29.6 Å². The molecule has 3 aliphatic carbocycles. The lowest BCUT2D eigenvalue weighted by Crippen LogP contribution is -2.66. The Balaban J connectivity index is 1.96. The molecule has 206 valence electrons. The van der Waals surface area contributed by atoms with Crippen LogP contribution in [0.1, 0.15) is 87.0 Å². The maximum absolute atomic E-state index is 11.3. The normalized spacial score (nSPS) is 34.8. The van der Waals surface area contributed by atoms with Crippen molar-refractivity contribution in [1.29, 1.82) is 0 Å². The van der Waals surface area contributed by atoms with Crippen LogP contribution in [-0.4, -0.2) is 39.6 Å². The second-order valence-corrected chi connectivity index (χ2v) is 24.7. The maximum Gasteiger partial charge on any atom is 0.193 e. The van der Waals surface area contributed by atoms with E-state index in [1.165, 1.54) is 25.7 Å². The van der Waals surface area contributed by atoms with Crippen molar-refractivity contribution < 1.29 is 14.0 Å². The van der Waals surface area contributed by atoms with E-state index in [1.807, 2.05) is 0 Å². The van der Waals surface area contributed by atoms with E-state index >= 15 is 0 Å². The van der Waals surface area contributed by atoms with Gasteiger partial charge in [0.15, 0.2) is 16.6 Å². The van der Waals surface area contributed by atoms with Crippen LogP contribution >= 0.6 is 0 Å². The third kappa shape index (κ3) is 5.64. The van der Waals surface area contributed by atoms with Crippen LogP contribution in [0.25, 0.3) is 0 Å². The van der Waals surface area contributed by atoms with E-state index < -0.39 is 22.2 Å². The fourth-order valence-corrected chi connectivity index (χ4v) is 8.95. The van der Waals surface area contributed by atoms with Gasteiger partial charge in [0.2, 0.25) is 0 Å². The van der Waals surface area contributed by atoms with E-state index in [2.05, 4.69) is 93.1 Å². The first-order valence-electron chi connectivity index (χ1n) is 14.6. The fourth-order valence-electron chi connectivity index (χ4n) is 6.33. The monoisotopic (exact) mass is 532 g/mol. The van der Waals surface area contributed by atoms with Gasteiger partial charge in [-0.3, -0.25) is 0 Å². The highest BCUT2D eigenvalue weighted by molar-refractivity contribution is 6.74. The zero-order valence-corrected chi connectivity index (χ0v) is 27.3. The summed E-state index contributed by atoms with van der Waals surface area (Å²) in [5.41, 5.74) is -0.769. The van der Waals surface area contributed by atoms with E-state index in [0.717, 1.165) is 12.8 Å². The molecule has 0 saturated heterocycles. The molecule has 0 radical (unpaired) electrons. The first kappa shape index (κ1) is 30.2. The van der Waals surface area contributed by atoms with Crippen molar-refractivity contribution in [3.05, 3.63) is 12.7 Å². The molecule has 3 fully saturated rings. The lowest BCUT2D eigenvalue weighted by molar-refractivity contribution is -0.199. The van der Waals surface area contributed by atoms with Crippen LogP contribution in [0.2, 0.25) is 36.3 Å². The van der Waals surface area contributed by atoms with Crippen LogP contribution in [0.3, 0.4) is 0 Å². The largest absolute Gasteiger partial charge is 0.413 e. The van der Waals surface area contributed by atoms with Crippen LogP contribution in [0, 0.1) is 41.4 Å². The Morgan fingerprint density at radius 2 is 1.50 bits per heavy atom. The Morgan fingerprint density at radius 3 is 2.00 bits per heavy atom. The average molecular weight is 533 g/mol. The van der Waals surface area contributed by atoms with Crippen LogP contribution in [0.5, 0.6) is 0 Å². The molecule has 3 saturated carbocycles. The van der Waals surface area contributed by atoms with Gasteiger partial charge in [-0.25, -0.2) is 0 Å². The van der Waals surface area contributed by atoms with Crippen molar-refractivity contribution >= 4 is 16.6 Å². The van der Waals surface area contributed by atoms with Crippen molar-refractivity contribution in [3.8, 4) is 11.8 Å². The first-order valence-corrected chi connectivity index (χ1v) is 20.4. The molecule has 36 heavy (non-hydrogen) atoms. The summed E-state index contributed by atoms with van der Waals surface area (Å²) in [7, 11) is -3.89. The van der Waals surface area contributed by atoms with Crippen LogP contribution in [0.4, 0.5) is 0 Å². The highest BCUT2D eigenvalue weighted by Crippen LogP contribution is 2.59. The van der Waals surface area contributed by atoms with Crippen LogP contribution in [0.15, 0.2) is 12.7 Å². The van der Waals surface area contributed by atoms with Crippen molar-refractivity contribution in [2.75, 3.05) is 0 Å². The van der Waals surface area contributed by atoms with Gasteiger partial charge in [0.25, 0.3) is 0 Å². The van der Waals surface area contributed by atoms with Crippen LogP contribution < -0.4 is 0 Å². The SMILES string of the molecule is C=CC1(O)C(C)[C@@H]2[C@@H](C#C[C@@H](O[Si](C)(C)C(C)(C)C)C3CCCC3)[C@H](O[Si](C)(C)C(C)(C)C)CC[C@@H]21. The van der Waals surface area contributed by atoms with Gasteiger partial charge in [0, 0.05) is 5.92 Å². The number of hydrogen-bond donors (Lipinski definition) is 1. The summed E-state index contributed by atoms with van der Waals surface area (Å²) in [5.74, 6) is 8.98. The van der Waals surface area contributed by atoms with E-state index in [9.17, 15) is 5.11 Å². The zero-order valence-electron chi connectivity index (χ0n) is 25.3. The highest BCUT2D eigenvalue weighted by Gasteiger charge is 2.62. The maximum atomic E-state index is 11.3. The molecule has 0 spiro atoms. The van der Waals surface area contributed by atoms with Gasteiger partial charge in [-0.15, -0.1) is 6.58 Å². The van der Waals surface area contributed by atoms with E-state index in [1.54, 1.807) is 6.08 Å². The van der Waals surface area contributed by atoms with Crippen molar-refractivity contribution in [2.45, 2.75) is 141 Å². The van der Waals surface area contributed by atoms with Crippen molar-refractivity contribution in [3.63, 3.8) is 0 Å². The van der Waals surface area contributed by atoms with Gasteiger partial charge in [0.1, 0.15) is 6.10 Å². The molecule has 1 N–H and O–H groups in total. The molecular weight excluding hydrogens is 477 g/mol. The quantitative estimate of drug-likeness (QED) is 0.213. The first-order chi connectivity index (χ1) is 16.4. The standard InChI is InChI=1S/C31H56O3Si2/c1-13-31(32)22(2)28-24(27(21-19-25(28)31)34-36(11,12)30(6,7)8)18-20-26(23-16-14-15-17-23)33-35(9,10)29(3,4)5/h13,22-28,32H,1,14-17,19,21H2,2-12H3/t22?,24-,25-,26+,27+,28+,31?/m0/s1. The molecule has 0 aromatic rings. The Morgan fingerprint density at radius 1 is 0.944 bits per heavy atom. The second kappa shape index (κ2) is 10.3. The molecule has 0 bridgehead atoms. The predicted octanol–water partition coefficient (Wildman–Crippen LogP) is 8.17. The summed E-state index contributed by atoms with van der Waals surface area (Å²) < 4.78 is 14.1. The van der Waals surface area contributed by atoms with Crippen LogP contribution in [-0.2, 0) is 8.85 Å². The van der Waals surface area contributed by atoms with E-state index in [-0.39, 0.29) is 40.0 Å². The second-order valence-electron chi connectivity index (χ2n) is 15.2. The van der Waals surface area contributed by atoms with Gasteiger partial charge in [-0.2, -0.15) is 0 Å². The van der Waals surface area contributed by atoms with Gasteiger partial charge < -0.3 is 14.0 Å². The fraction of sp³-hybridized carbons (Fsp3) is 0.871. The lowest BCUT2D eigenvalue weighted by atomic mass is 9.46. The van der Waals surface area contributed by atoms with Crippen molar-refractivity contribution in [1.82, 2.24) is 0 Å². The summed E-state index contributed by atoms with van der Waals surface area (Å²) in [6, 6.07) is 0. The summed E-state index contributed by atoms with van der Waals surface area (Å²) in [6.45, 7) is 29.5. The number of rotatable bonds is 6. The number of fused-ring (bicyclic) bond motifs is 1. The zero-order chi connectivity index (χ0) is 27.3. The average Bonchev–Trinajstić information content (AvgIpc) is 3.29. The minimum Gasteiger partial charge on any atom is -0.413 e. The number of aliphatic hydroxyl groups is 1. The molecule has 0 aliphatic heterocycles. The molecule has 2 unspecified atom stereocenters. The predicted molar refractivity (Wildman–Crippen MR) is 158 cm³/mol. The van der Waals surface area contributed by atoms with Gasteiger partial charge in [0.05, 0.1) is 11.7 Å². The smallest absolute Gasteiger partial charge is 0.193 e. The Hall–Kier alpha value is -0.386. The molecule has 3 nitrogen and oxygen atoms in total. The summed E-state index contributed by atoms with van der Waals surface area (Å²) in [4.78, 5) is 0. The highest BCUT2D eigenvalue weighted by atomic mass is 28.4. The minimum atomic E-state index is -1.95. The lowest BCUT2D eigenvalue weighted by Gasteiger charge is -2.62. The third-order valence-electron chi connectivity index (χ3n) is 11.0. The number of hydrogen-bond acceptors (Lipinski definition) is 3. The Labute approximate surface area is 225 Å². The molecule has 0 aromatic heterocycles. The molecule has 0 aromatic carbocycles. The summed E-state index contributed by atoms with van der Waals surface area (Å²) in [6.07, 6.45) is 8.91. The van der Waals surface area contributed by atoms with E-state index in [4.69, 9.17) is 8.85 Å². The summed E-state index contributed by atoms with van der Waals surface area (Å²) in [5, 5.41) is 11.6. The Bertz CT molecular complexity index is 850. The Kier molecular flexibility index (Phi) is 8.63. The molecular formula is C31H56O3Si2. The molecule has 0 amide bonds. The van der Waals surface area contributed by atoms with Gasteiger partial charge >= 0.3 is 0 Å². The summed E-state index contributed by atoms with van der Waals surface area (Å²) >= 11 is 0. The molecule has 0 heterocycles.